The van der Waals surface area contributed by atoms with E-state index in [1.165, 1.54) is 0 Å². The average molecular weight is 163 g/mol. The quantitative estimate of drug-likeness (QED) is 0.623. The molecule has 1 N–H and O–H groups in total. The van der Waals surface area contributed by atoms with Gasteiger partial charge in [0.15, 0.2) is 0 Å². The summed E-state index contributed by atoms with van der Waals surface area (Å²) >= 11 is 0. The van der Waals surface area contributed by atoms with E-state index in [4.69, 9.17) is 5.11 Å². The fourth-order valence-corrected chi connectivity index (χ4v) is 0.851. The van der Waals surface area contributed by atoms with Gasteiger partial charge in [0.2, 0.25) is 0 Å². The van der Waals surface area contributed by atoms with E-state index in [2.05, 4.69) is 0 Å². The SMILES string of the molecule is CCCC[C@@H](C(=O)O)N(C)F. The standard InChI is InChI=1S/C7H14FNO2/c1-3-4-5-6(7(10)11)9(2)8/h6H,3-5H2,1-2H3,(H,10,11)/t6-/m0/s1. The lowest BCUT2D eigenvalue weighted by Gasteiger charge is -2.14. The second-order valence-corrected chi connectivity index (χ2v) is 2.52. The lowest BCUT2D eigenvalue weighted by Crippen LogP contribution is -2.32. The highest BCUT2D eigenvalue weighted by molar-refractivity contribution is 5.73. The van der Waals surface area contributed by atoms with Crippen molar-refractivity contribution in [2.45, 2.75) is 32.2 Å². The predicted molar refractivity (Wildman–Crippen MR) is 39.8 cm³/mol. The van der Waals surface area contributed by atoms with Gasteiger partial charge in [-0.1, -0.05) is 19.8 Å². The smallest absolute Gasteiger partial charge is 0.323 e. The van der Waals surface area contributed by atoms with Gasteiger partial charge in [-0.2, -0.15) is 0 Å². The molecule has 66 valence electrons. The van der Waals surface area contributed by atoms with Crippen molar-refractivity contribution < 1.29 is 14.4 Å². The van der Waals surface area contributed by atoms with Crippen molar-refractivity contribution in [3.8, 4) is 0 Å². The topological polar surface area (TPSA) is 40.5 Å². The Labute approximate surface area is 65.7 Å². The van der Waals surface area contributed by atoms with Crippen LogP contribution >= 0.6 is 0 Å². The minimum atomic E-state index is -1.09. The highest BCUT2D eigenvalue weighted by Gasteiger charge is 2.21. The van der Waals surface area contributed by atoms with Crippen molar-refractivity contribution in [1.29, 1.82) is 0 Å². The van der Waals surface area contributed by atoms with E-state index in [0.717, 1.165) is 19.9 Å². The summed E-state index contributed by atoms with van der Waals surface area (Å²) in [5.74, 6) is -1.09. The van der Waals surface area contributed by atoms with Crippen LogP contribution in [0.15, 0.2) is 0 Å². The van der Waals surface area contributed by atoms with Crippen LogP contribution in [-0.2, 0) is 4.79 Å². The van der Waals surface area contributed by atoms with Crippen LogP contribution in [0, 0.1) is 0 Å². The molecule has 0 bridgehead atoms. The molecule has 0 aromatic rings. The third-order valence-corrected chi connectivity index (χ3v) is 1.55. The average Bonchev–Trinajstić information content (AvgIpc) is 1.87. The van der Waals surface area contributed by atoms with Gasteiger partial charge < -0.3 is 5.11 Å². The first-order chi connectivity index (χ1) is 5.09. The highest BCUT2D eigenvalue weighted by Crippen LogP contribution is 2.07. The third kappa shape index (κ3) is 3.93. The Bertz CT molecular complexity index is 128. The van der Waals surface area contributed by atoms with Crippen molar-refractivity contribution in [2.75, 3.05) is 7.05 Å². The molecule has 0 unspecified atom stereocenters. The molecule has 0 heterocycles. The van der Waals surface area contributed by atoms with Crippen LogP contribution in [-0.4, -0.2) is 29.3 Å². The van der Waals surface area contributed by atoms with Crippen LogP contribution < -0.4 is 0 Å². The number of carboxylic acid groups (broad SMARTS) is 1. The Hall–Kier alpha value is -0.640. The van der Waals surface area contributed by atoms with E-state index in [-0.39, 0.29) is 5.12 Å². The summed E-state index contributed by atoms with van der Waals surface area (Å²) in [6.45, 7) is 1.94. The molecule has 0 aromatic heterocycles. The van der Waals surface area contributed by atoms with Crippen molar-refractivity contribution in [3.63, 3.8) is 0 Å². The zero-order valence-corrected chi connectivity index (χ0v) is 6.88. The molecule has 0 saturated heterocycles. The van der Waals surface area contributed by atoms with Gasteiger partial charge in [0.25, 0.3) is 0 Å². The maximum Gasteiger partial charge on any atom is 0.323 e. The molecule has 3 nitrogen and oxygen atoms in total. The van der Waals surface area contributed by atoms with E-state index in [1.807, 2.05) is 6.92 Å². The number of hydrogen-bond acceptors (Lipinski definition) is 2. The van der Waals surface area contributed by atoms with Gasteiger partial charge in [0, 0.05) is 7.05 Å². The summed E-state index contributed by atoms with van der Waals surface area (Å²) in [4.78, 5) is 10.4. The largest absolute Gasteiger partial charge is 0.480 e. The van der Waals surface area contributed by atoms with Crippen LogP contribution in [0.3, 0.4) is 0 Å². The summed E-state index contributed by atoms with van der Waals surface area (Å²) in [7, 11) is 1.13. The molecule has 0 spiro atoms. The molecule has 0 aliphatic heterocycles. The molecular weight excluding hydrogens is 149 g/mol. The summed E-state index contributed by atoms with van der Waals surface area (Å²) in [6, 6.07) is -0.977. The first-order valence-electron chi connectivity index (χ1n) is 3.71. The highest BCUT2D eigenvalue weighted by atomic mass is 19.2. The van der Waals surface area contributed by atoms with Gasteiger partial charge in [0.05, 0.1) is 0 Å². The lowest BCUT2D eigenvalue weighted by atomic mass is 10.1. The molecular formula is C7H14FNO2. The zero-order chi connectivity index (χ0) is 8.85. The summed E-state index contributed by atoms with van der Waals surface area (Å²) in [5.41, 5.74) is 0. The molecule has 0 amide bonds. The van der Waals surface area contributed by atoms with E-state index < -0.39 is 12.0 Å². The monoisotopic (exact) mass is 163 g/mol. The van der Waals surface area contributed by atoms with Crippen LogP contribution in [0.2, 0.25) is 0 Å². The molecule has 0 aliphatic rings. The molecule has 0 radical (unpaired) electrons. The Morgan fingerprint density at radius 2 is 2.27 bits per heavy atom. The maximum absolute atomic E-state index is 12.4. The van der Waals surface area contributed by atoms with Gasteiger partial charge in [-0.05, 0) is 6.42 Å². The molecule has 4 heteroatoms. The molecule has 0 saturated carbocycles. The maximum atomic E-state index is 12.4. The van der Waals surface area contributed by atoms with Crippen molar-refractivity contribution >= 4 is 5.97 Å². The number of rotatable bonds is 5. The minimum Gasteiger partial charge on any atom is -0.480 e. The van der Waals surface area contributed by atoms with Crippen LogP contribution in [0.5, 0.6) is 0 Å². The zero-order valence-electron chi connectivity index (χ0n) is 6.88. The Morgan fingerprint density at radius 3 is 2.55 bits per heavy atom. The normalized spacial score (nSPS) is 13.5. The van der Waals surface area contributed by atoms with Gasteiger partial charge in [0.1, 0.15) is 6.04 Å². The number of halogens is 1. The van der Waals surface area contributed by atoms with Crippen molar-refractivity contribution in [1.82, 2.24) is 5.12 Å². The number of hydrogen-bond donors (Lipinski definition) is 1. The van der Waals surface area contributed by atoms with Gasteiger partial charge in [-0.25, -0.2) is 0 Å². The number of carboxylic acids is 1. The fraction of sp³-hybridized carbons (Fsp3) is 0.857. The molecule has 0 aliphatic carbocycles. The van der Waals surface area contributed by atoms with Gasteiger partial charge in [-0.3, -0.25) is 4.79 Å². The lowest BCUT2D eigenvalue weighted by molar-refractivity contribution is -0.149. The number of carbonyl (C=O) groups is 1. The second kappa shape index (κ2) is 5.07. The fourth-order valence-electron chi connectivity index (χ4n) is 0.851. The van der Waals surface area contributed by atoms with Crippen LogP contribution in [0.4, 0.5) is 4.48 Å². The summed E-state index contributed by atoms with van der Waals surface area (Å²) in [6.07, 6.45) is 2.00. The molecule has 0 rings (SSSR count). The van der Waals surface area contributed by atoms with E-state index in [0.29, 0.717) is 6.42 Å². The Balaban J connectivity index is 3.80. The predicted octanol–water partition coefficient (Wildman–Crippen LogP) is 1.45. The molecule has 0 aromatic carbocycles. The van der Waals surface area contributed by atoms with Gasteiger partial charge in [-0.15, -0.1) is 9.60 Å². The first kappa shape index (κ1) is 10.4. The van der Waals surface area contributed by atoms with Crippen molar-refractivity contribution in [3.05, 3.63) is 0 Å². The second-order valence-electron chi connectivity index (χ2n) is 2.52. The molecule has 1 atom stereocenters. The van der Waals surface area contributed by atoms with Gasteiger partial charge >= 0.3 is 5.97 Å². The number of likely N-dealkylation sites (N-methyl/N-ethyl adjacent to an activating group) is 1. The summed E-state index contributed by atoms with van der Waals surface area (Å²) < 4.78 is 12.4. The molecule has 0 fully saturated rings. The van der Waals surface area contributed by atoms with Crippen molar-refractivity contribution in [2.24, 2.45) is 0 Å². The number of aliphatic carboxylic acids is 1. The Morgan fingerprint density at radius 1 is 1.73 bits per heavy atom. The summed E-state index contributed by atoms with van der Waals surface area (Å²) in [5, 5.41) is 8.74. The van der Waals surface area contributed by atoms with E-state index in [9.17, 15) is 9.28 Å². The van der Waals surface area contributed by atoms with Crippen LogP contribution in [0.25, 0.3) is 0 Å². The minimum absolute atomic E-state index is 0.248. The molecule has 11 heavy (non-hydrogen) atoms. The van der Waals surface area contributed by atoms with Crippen LogP contribution in [0.1, 0.15) is 26.2 Å². The Kier molecular flexibility index (Phi) is 4.77. The number of nitrogens with zero attached hydrogens (tertiary/aromatic N) is 1. The first-order valence-corrected chi connectivity index (χ1v) is 3.71. The third-order valence-electron chi connectivity index (χ3n) is 1.55. The van der Waals surface area contributed by atoms with E-state index in [1.54, 1.807) is 0 Å². The number of unbranched alkanes of at least 4 members (excludes halogenated alkanes) is 1. The van der Waals surface area contributed by atoms with E-state index >= 15 is 0 Å².